The predicted octanol–water partition coefficient (Wildman–Crippen LogP) is 0.872. The Kier molecular flexibility index (Phi) is 7.19. The highest BCUT2D eigenvalue weighted by molar-refractivity contribution is 5.95. The minimum Gasteiger partial charge on any atom is -0.493 e. The van der Waals surface area contributed by atoms with Crippen LogP contribution in [0.3, 0.4) is 0 Å². The zero-order valence-electron chi connectivity index (χ0n) is 15.8. The van der Waals surface area contributed by atoms with Crippen LogP contribution >= 0.6 is 0 Å². The third-order valence-corrected chi connectivity index (χ3v) is 4.33. The van der Waals surface area contributed by atoms with Gasteiger partial charge < -0.3 is 20.1 Å². The van der Waals surface area contributed by atoms with Crippen LogP contribution in [-0.2, 0) is 17.9 Å². The SMILES string of the molecule is COc1cc(C[NH+](C)[C@H](C)C(=O)NC(N)=O)ccc1OCc1ccccc1. The molecule has 0 fully saturated rings. The number of amides is 3. The molecule has 0 aliphatic rings. The number of nitrogens with one attached hydrogen (secondary N) is 2. The van der Waals surface area contributed by atoms with Crippen molar-refractivity contribution in [1.29, 1.82) is 0 Å². The summed E-state index contributed by atoms with van der Waals surface area (Å²) in [6.45, 7) is 2.76. The number of imide groups is 1. The number of likely N-dealkylation sites (N-methyl/N-ethyl adjacent to an activating group) is 1. The van der Waals surface area contributed by atoms with E-state index >= 15 is 0 Å². The van der Waals surface area contributed by atoms with Crippen LogP contribution in [0.4, 0.5) is 4.79 Å². The topological polar surface area (TPSA) is 95.1 Å². The summed E-state index contributed by atoms with van der Waals surface area (Å²) in [4.78, 5) is 23.6. The Morgan fingerprint density at radius 3 is 2.44 bits per heavy atom. The molecule has 7 nitrogen and oxygen atoms in total. The highest BCUT2D eigenvalue weighted by atomic mass is 16.5. The number of carbonyl (C=O) groups is 2. The monoisotopic (exact) mass is 372 g/mol. The number of carbonyl (C=O) groups excluding carboxylic acids is 2. The number of hydrogen-bond donors (Lipinski definition) is 3. The van der Waals surface area contributed by atoms with Gasteiger partial charge in [0.1, 0.15) is 13.2 Å². The molecule has 7 heteroatoms. The fraction of sp³-hybridized carbons (Fsp3) is 0.300. The fourth-order valence-corrected chi connectivity index (χ4v) is 2.61. The van der Waals surface area contributed by atoms with E-state index in [-0.39, 0.29) is 0 Å². The summed E-state index contributed by atoms with van der Waals surface area (Å²) in [5.41, 5.74) is 7.05. The number of rotatable bonds is 8. The van der Waals surface area contributed by atoms with Crippen molar-refractivity contribution in [3.63, 3.8) is 0 Å². The molecule has 4 N–H and O–H groups in total. The quantitative estimate of drug-likeness (QED) is 0.641. The zero-order valence-corrected chi connectivity index (χ0v) is 15.8. The van der Waals surface area contributed by atoms with Crippen LogP contribution in [-0.4, -0.2) is 32.1 Å². The molecule has 0 aromatic heterocycles. The molecule has 0 saturated heterocycles. The highest BCUT2D eigenvalue weighted by Crippen LogP contribution is 2.28. The van der Waals surface area contributed by atoms with Crippen molar-refractivity contribution < 1.29 is 24.0 Å². The second-order valence-corrected chi connectivity index (χ2v) is 6.36. The Hall–Kier alpha value is -3.06. The largest absolute Gasteiger partial charge is 0.493 e. The maximum absolute atomic E-state index is 11.9. The number of ether oxygens (including phenoxy) is 2. The maximum Gasteiger partial charge on any atom is 0.319 e. The zero-order chi connectivity index (χ0) is 19.8. The molecule has 2 atom stereocenters. The molecular weight excluding hydrogens is 346 g/mol. The maximum atomic E-state index is 11.9. The molecule has 0 radical (unpaired) electrons. The number of urea groups is 1. The molecule has 1 unspecified atom stereocenters. The average Bonchev–Trinajstić information content (AvgIpc) is 2.66. The lowest BCUT2D eigenvalue weighted by molar-refractivity contribution is -0.908. The summed E-state index contributed by atoms with van der Waals surface area (Å²) in [6.07, 6.45) is 0. The molecule has 0 spiro atoms. The van der Waals surface area contributed by atoms with Crippen molar-refractivity contribution in [2.45, 2.75) is 26.1 Å². The minimum atomic E-state index is -0.846. The summed E-state index contributed by atoms with van der Waals surface area (Å²) in [5.74, 6) is 0.877. The van der Waals surface area contributed by atoms with Gasteiger partial charge in [-0.3, -0.25) is 10.1 Å². The van der Waals surface area contributed by atoms with Gasteiger partial charge in [0.15, 0.2) is 17.5 Å². The van der Waals surface area contributed by atoms with Gasteiger partial charge >= 0.3 is 6.03 Å². The molecule has 0 bridgehead atoms. The smallest absolute Gasteiger partial charge is 0.319 e. The second-order valence-electron chi connectivity index (χ2n) is 6.36. The first kappa shape index (κ1) is 20.3. The molecule has 0 saturated carbocycles. The lowest BCUT2D eigenvalue weighted by Crippen LogP contribution is -3.12. The van der Waals surface area contributed by atoms with Gasteiger partial charge in [0.05, 0.1) is 14.2 Å². The van der Waals surface area contributed by atoms with E-state index in [1.54, 1.807) is 14.0 Å². The van der Waals surface area contributed by atoms with Crippen molar-refractivity contribution in [1.82, 2.24) is 5.32 Å². The van der Waals surface area contributed by atoms with E-state index < -0.39 is 18.0 Å². The number of methoxy groups -OCH3 is 1. The van der Waals surface area contributed by atoms with Crippen molar-refractivity contribution >= 4 is 11.9 Å². The molecule has 0 aliphatic carbocycles. The minimum absolute atomic E-state index is 0.408. The standard InChI is InChI=1S/C20H25N3O4/c1-14(19(24)22-20(21)25)23(2)12-16-9-10-17(18(11-16)26-3)27-13-15-7-5-4-6-8-15/h4-11,14H,12-13H2,1-3H3,(H3,21,22,24,25)/p+1/t14-/m1/s1. The number of nitrogens with two attached hydrogens (primary N) is 1. The van der Waals surface area contributed by atoms with Gasteiger partial charge in [0.25, 0.3) is 5.91 Å². The normalized spacial score (nSPS) is 12.7. The van der Waals surface area contributed by atoms with Gasteiger partial charge in [-0.1, -0.05) is 30.3 Å². The molecule has 3 amide bonds. The van der Waals surface area contributed by atoms with E-state index in [4.69, 9.17) is 15.2 Å². The number of primary amides is 1. The van der Waals surface area contributed by atoms with Gasteiger partial charge in [0, 0.05) is 5.56 Å². The van der Waals surface area contributed by atoms with Crippen molar-refractivity contribution in [3.8, 4) is 11.5 Å². The molecule has 144 valence electrons. The summed E-state index contributed by atoms with van der Waals surface area (Å²) in [6, 6.07) is 14.3. The third-order valence-electron chi connectivity index (χ3n) is 4.33. The molecule has 27 heavy (non-hydrogen) atoms. The Balaban J connectivity index is 2.02. The van der Waals surface area contributed by atoms with Crippen LogP contribution in [0.25, 0.3) is 0 Å². The Morgan fingerprint density at radius 1 is 1.11 bits per heavy atom. The fourth-order valence-electron chi connectivity index (χ4n) is 2.61. The molecule has 2 aromatic carbocycles. The van der Waals surface area contributed by atoms with Crippen LogP contribution < -0.4 is 25.4 Å². The van der Waals surface area contributed by atoms with Gasteiger partial charge in [0.2, 0.25) is 0 Å². The Morgan fingerprint density at radius 2 is 1.81 bits per heavy atom. The summed E-state index contributed by atoms with van der Waals surface area (Å²) >= 11 is 0. The predicted molar refractivity (Wildman–Crippen MR) is 102 cm³/mol. The van der Waals surface area contributed by atoms with E-state index in [2.05, 4.69) is 5.32 Å². The van der Waals surface area contributed by atoms with Crippen LogP contribution in [0, 0.1) is 0 Å². The van der Waals surface area contributed by atoms with E-state index in [1.807, 2.05) is 55.6 Å². The Bertz CT molecular complexity index is 780. The first-order chi connectivity index (χ1) is 12.9. The van der Waals surface area contributed by atoms with E-state index in [0.29, 0.717) is 24.7 Å². The van der Waals surface area contributed by atoms with Crippen LogP contribution in [0.2, 0.25) is 0 Å². The van der Waals surface area contributed by atoms with Gasteiger partial charge in [-0.25, -0.2) is 4.79 Å². The van der Waals surface area contributed by atoms with Crippen LogP contribution in [0.15, 0.2) is 48.5 Å². The van der Waals surface area contributed by atoms with Gasteiger partial charge in [-0.05, 0) is 30.7 Å². The van der Waals surface area contributed by atoms with E-state index in [0.717, 1.165) is 16.0 Å². The second kappa shape index (κ2) is 9.59. The number of benzene rings is 2. The van der Waals surface area contributed by atoms with E-state index in [1.165, 1.54) is 0 Å². The molecule has 0 aliphatic heterocycles. The molecule has 0 heterocycles. The molecular formula is C20H26N3O4+. The summed E-state index contributed by atoms with van der Waals surface area (Å²) in [7, 11) is 3.46. The number of hydrogen-bond acceptors (Lipinski definition) is 4. The van der Waals surface area contributed by atoms with Crippen molar-refractivity contribution in [3.05, 3.63) is 59.7 Å². The van der Waals surface area contributed by atoms with Gasteiger partial charge in [-0.15, -0.1) is 0 Å². The lowest BCUT2D eigenvalue weighted by atomic mass is 10.1. The highest BCUT2D eigenvalue weighted by Gasteiger charge is 2.23. The number of quaternary nitrogens is 1. The summed E-state index contributed by atoms with van der Waals surface area (Å²) in [5, 5.41) is 2.11. The van der Waals surface area contributed by atoms with Crippen LogP contribution in [0.5, 0.6) is 11.5 Å². The lowest BCUT2D eigenvalue weighted by Gasteiger charge is -2.21. The van der Waals surface area contributed by atoms with Crippen molar-refractivity contribution in [2.24, 2.45) is 5.73 Å². The summed E-state index contributed by atoms with van der Waals surface area (Å²) < 4.78 is 11.3. The first-order valence-electron chi connectivity index (χ1n) is 8.67. The van der Waals surface area contributed by atoms with E-state index in [9.17, 15) is 9.59 Å². The van der Waals surface area contributed by atoms with Crippen molar-refractivity contribution in [2.75, 3.05) is 14.2 Å². The third kappa shape index (κ3) is 6.00. The van der Waals surface area contributed by atoms with Crippen LogP contribution in [0.1, 0.15) is 18.1 Å². The molecule has 2 aromatic rings. The average molecular weight is 372 g/mol. The van der Waals surface area contributed by atoms with Gasteiger partial charge in [-0.2, -0.15) is 0 Å². The Labute approximate surface area is 159 Å². The first-order valence-corrected chi connectivity index (χ1v) is 8.67. The molecule has 2 rings (SSSR count).